The van der Waals surface area contributed by atoms with Crippen LogP contribution in [0.25, 0.3) is 0 Å². The van der Waals surface area contributed by atoms with E-state index in [0.717, 1.165) is 25.2 Å². The van der Waals surface area contributed by atoms with Crippen molar-refractivity contribution in [1.29, 1.82) is 0 Å². The second-order valence-corrected chi connectivity index (χ2v) is 7.00. The second kappa shape index (κ2) is 6.35. The molecule has 1 rings (SSSR count). The van der Waals surface area contributed by atoms with Crippen molar-refractivity contribution < 1.29 is 13.6 Å². The van der Waals surface area contributed by atoms with Crippen LogP contribution in [-0.4, -0.2) is 55.4 Å². The number of oxime groups is 1. The molecule has 1 fully saturated rings. The van der Waals surface area contributed by atoms with Gasteiger partial charge in [0.1, 0.15) is 0 Å². The lowest BCUT2D eigenvalue weighted by Crippen LogP contribution is -2.42. The molecule has 1 saturated heterocycles. The largest absolute Gasteiger partial charge is 0.411 e. The van der Waals surface area contributed by atoms with Crippen LogP contribution in [0.1, 0.15) is 26.7 Å². The zero-order valence-electron chi connectivity index (χ0n) is 10.6. The molecule has 100 valence electrons. The monoisotopic (exact) mass is 262 g/mol. The lowest BCUT2D eigenvalue weighted by atomic mass is 9.98. The fraction of sp³-hybridized carbons (Fsp3) is 0.909. The van der Waals surface area contributed by atoms with Crippen LogP contribution < -0.4 is 0 Å². The van der Waals surface area contributed by atoms with Gasteiger partial charge >= 0.3 is 0 Å². The number of likely N-dealkylation sites (tertiary alicyclic amines) is 1. The van der Waals surface area contributed by atoms with Gasteiger partial charge in [-0.1, -0.05) is 19.0 Å². The molecule has 1 heterocycles. The van der Waals surface area contributed by atoms with Gasteiger partial charge in [0.2, 0.25) is 0 Å². The Morgan fingerprint density at radius 1 is 1.47 bits per heavy atom. The molecule has 5 nitrogen and oxygen atoms in total. The van der Waals surface area contributed by atoms with Crippen LogP contribution in [0.4, 0.5) is 0 Å². The molecule has 17 heavy (non-hydrogen) atoms. The summed E-state index contributed by atoms with van der Waals surface area (Å²) in [5.74, 6) is 0.724. The van der Waals surface area contributed by atoms with E-state index in [1.807, 2.05) is 13.8 Å². The Balaban J connectivity index is 2.40. The summed E-state index contributed by atoms with van der Waals surface area (Å²) in [6, 6.07) is 0. The fourth-order valence-electron chi connectivity index (χ4n) is 2.14. The van der Waals surface area contributed by atoms with Crippen LogP contribution in [0.15, 0.2) is 5.16 Å². The number of hydrogen-bond donors (Lipinski definition) is 1. The molecule has 0 bridgehead atoms. The van der Waals surface area contributed by atoms with Gasteiger partial charge in [0.25, 0.3) is 0 Å². The standard InChI is InChI=1S/C11H22N2O3S/c1-3-7-17(15,16)8-6-13-5-4-11(12-14)10(2)9-13/h10,14H,3-9H2,1-2H3. The third-order valence-corrected chi connectivity index (χ3v) is 4.98. The van der Waals surface area contributed by atoms with E-state index in [4.69, 9.17) is 5.21 Å². The summed E-state index contributed by atoms with van der Waals surface area (Å²) >= 11 is 0. The summed E-state index contributed by atoms with van der Waals surface area (Å²) in [6.45, 7) is 6.03. The van der Waals surface area contributed by atoms with E-state index < -0.39 is 9.84 Å². The van der Waals surface area contributed by atoms with Crippen LogP contribution in [-0.2, 0) is 9.84 Å². The van der Waals surface area contributed by atoms with E-state index in [0.29, 0.717) is 13.0 Å². The van der Waals surface area contributed by atoms with Gasteiger partial charge in [-0.3, -0.25) is 0 Å². The summed E-state index contributed by atoms with van der Waals surface area (Å²) in [5.41, 5.74) is 0.817. The van der Waals surface area contributed by atoms with Crippen molar-refractivity contribution in [3.05, 3.63) is 0 Å². The average molecular weight is 262 g/mol. The third-order valence-electron chi connectivity index (χ3n) is 3.15. The highest BCUT2D eigenvalue weighted by Gasteiger charge is 2.23. The van der Waals surface area contributed by atoms with Crippen LogP contribution in [0, 0.1) is 5.92 Å². The molecular weight excluding hydrogens is 240 g/mol. The van der Waals surface area contributed by atoms with Gasteiger partial charge in [-0.05, 0) is 6.42 Å². The highest BCUT2D eigenvalue weighted by atomic mass is 32.2. The van der Waals surface area contributed by atoms with Crippen molar-refractivity contribution in [2.75, 3.05) is 31.1 Å². The van der Waals surface area contributed by atoms with Crippen molar-refractivity contribution in [1.82, 2.24) is 4.90 Å². The fourth-order valence-corrected chi connectivity index (χ4v) is 3.50. The Morgan fingerprint density at radius 3 is 2.71 bits per heavy atom. The lowest BCUT2D eigenvalue weighted by Gasteiger charge is -2.31. The summed E-state index contributed by atoms with van der Waals surface area (Å²) in [5, 5.41) is 12.0. The molecule has 0 aromatic carbocycles. The molecular formula is C11H22N2O3S. The maximum Gasteiger partial charge on any atom is 0.151 e. The first-order valence-electron chi connectivity index (χ1n) is 6.12. The molecule has 1 N–H and O–H groups in total. The maximum atomic E-state index is 11.6. The Morgan fingerprint density at radius 2 is 2.18 bits per heavy atom. The SMILES string of the molecule is CCCS(=O)(=O)CCN1CCC(=NO)C(C)C1. The molecule has 1 aliphatic rings. The molecule has 1 unspecified atom stereocenters. The Kier molecular flexibility index (Phi) is 5.39. The molecule has 0 aromatic rings. The lowest BCUT2D eigenvalue weighted by molar-refractivity contribution is 0.246. The predicted molar refractivity (Wildman–Crippen MR) is 68.4 cm³/mol. The Labute approximate surface area is 103 Å². The predicted octanol–water partition coefficient (Wildman–Crippen LogP) is 0.983. The van der Waals surface area contributed by atoms with E-state index in [-0.39, 0.29) is 17.4 Å². The number of rotatable bonds is 5. The first kappa shape index (κ1) is 14.4. The topological polar surface area (TPSA) is 70.0 Å². The molecule has 1 aliphatic heterocycles. The maximum absolute atomic E-state index is 11.6. The van der Waals surface area contributed by atoms with E-state index in [9.17, 15) is 8.42 Å². The minimum atomic E-state index is -2.89. The number of piperidine rings is 1. The first-order valence-corrected chi connectivity index (χ1v) is 7.94. The zero-order chi connectivity index (χ0) is 12.9. The highest BCUT2D eigenvalue weighted by molar-refractivity contribution is 7.91. The molecule has 0 aromatic heterocycles. The van der Waals surface area contributed by atoms with Crippen LogP contribution in [0.3, 0.4) is 0 Å². The number of nitrogens with zero attached hydrogens (tertiary/aromatic N) is 2. The van der Waals surface area contributed by atoms with Crippen LogP contribution >= 0.6 is 0 Å². The van der Waals surface area contributed by atoms with E-state index in [1.54, 1.807) is 0 Å². The van der Waals surface area contributed by atoms with Crippen molar-refractivity contribution in [3.8, 4) is 0 Å². The van der Waals surface area contributed by atoms with Crippen LogP contribution in [0.2, 0.25) is 0 Å². The Hall–Kier alpha value is -0.620. The molecule has 0 aliphatic carbocycles. The van der Waals surface area contributed by atoms with Gasteiger partial charge in [0.15, 0.2) is 9.84 Å². The van der Waals surface area contributed by atoms with Gasteiger partial charge in [-0.15, -0.1) is 0 Å². The van der Waals surface area contributed by atoms with E-state index in [2.05, 4.69) is 10.1 Å². The highest BCUT2D eigenvalue weighted by Crippen LogP contribution is 2.13. The van der Waals surface area contributed by atoms with Crippen molar-refractivity contribution in [2.24, 2.45) is 11.1 Å². The minimum absolute atomic E-state index is 0.211. The average Bonchev–Trinajstić information content (AvgIpc) is 2.27. The summed E-state index contributed by atoms with van der Waals surface area (Å²) in [7, 11) is -2.89. The van der Waals surface area contributed by atoms with Crippen molar-refractivity contribution >= 4 is 15.5 Å². The van der Waals surface area contributed by atoms with Gasteiger partial charge < -0.3 is 10.1 Å². The minimum Gasteiger partial charge on any atom is -0.411 e. The van der Waals surface area contributed by atoms with Crippen LogP contribution in [0.5, 0.6) is 0 Å². The molecule has 6 heteroatoms. The summed E-state index contributed by atoms with van der Waals surface area (Å²) in [4.78, 5) is 2.13. The zero-order valence-corrected chi connectivity index (χ0v) is 11.4. The van der Waals surface area contributed by atoms with Gasteiger partial charge in [0, 0.05) is 37.7 Å². The van der Waals surface area contributed by atoms with Crippen molar-refractivity contribution in [2.45, 2.75) is 26.7 Å². The second-order valence-electron chi connectivity index (χ2n) is 4.69. The third kappa shape index (κ3) is 4.63. The molecule has 0 saturated carbocycles. The summed E-state index contributed by atoms with van der Waals surface area (Å²) < 4.78 is 23.2. The first-order chi connectivity index (χ1) is 7.98. The van der Waals surface area contributed by atoms with E-state index >= 15 is 0 Å². The number of hydrogen-bond acceptors (Lipinski definition) is 5. The molecule has 0 amide bonds. The van der Waals surface area contributed by atoms with E-state index in [1.165, 1.54) is 0 Å². The van der Waals surface area contributed by atoms with Gasteiger partial charge in [-0.2, -0.15) is 0 Å². The Bertz CT molecular complexity index is 365. The van der Waals surface area contributed by atoms with Gasteiger partial charge in [-0.25, -0.2) is 8.42 Å². The molecule has 0 spiro atoms. The van der Waals surface area contributed by atoms with Gasteiger partial charge in [0.05, 0.1) is 11.5 Å². The molecule has 0 radical (unpaired) electrons. The smallest absolute Gasteiger partial charge is 0.151 e. The quantitative estimate of drug-likeness (QED) is 0.592. The van der Waals surface area contributed by atoms with Crippen molar-refractivity contribution in [3.63, 3.8) is 0 Å². The number of sulfone groups is 1. The molecule has 1 atom stereocenters. The normalized spacial score (nSPS) is 25.3. The summed E-state index contributed by atoms with van der Waals surface area (Å²) in [6.07, 6.45) is 1.41.